The third-order valence-electron chi connectivity index (χ3n) is 3.52. The van der Waals surface area contributed by atoms with E-state index in [4.69, 9.17) is 0 Å². The number of hydrogen-bond acceptors (Lipinski definition) is 5. The molecule has 154 valence electrons. The van der Waals surface area contributed by atoms with Crippen molar-refractivity contribution in [2.24, 2.45) is 4.99 Å². The molecular formula is C16H20F3N5O2S2. The van der Waals surface area contributed by atoms with Crippen LogP contribution in [-0.4, -0.2) is 33.0 Å². The summed E-state index contributed by atoms with van der Waals surface area (Å²) >= 11 is 0.918. The van der Waals surface area contributed by atoms with Gasteiger partial charge in [0.05, 0.1) is 18.0 Å². The Labute approximate surface area is 165 Å². The second-order valence-corrected chi connectivity index (χ2v) is 8.35. The van der Waals surface area contributed by atoms with Crippen LogP contribution in [0.4, 0.5) is 13.2 Å². The summed E-state index contributed by atoms with van der Waals surface area (Å²) in [7, 11) is -2.16. The zero-order valence-corrected chi connectivity index (χ0v) is 16.8. The monoisotopic (exact) mass is 435 g/mol. The lowest BCUT2D eigenvalue weighted by Gasteiger charge is -2.10. The van der Waals surface area contributed by atoms with Crippen LogP contribution in [0.25, 0.3) is 0 Å². The van der Waals surface area contributed by atoms with E-state index in [0.717, 1.165) is 22.3 Å². The minimum atomic E-state index is -4.46. The fourth-order valence-corrected chi connectivity index (χ4v) is 3.56. The van der Waals surface area contributed by atoms with Crippen LogP contribution in [0.15, 0.2) is 39.5 Å². The van der Waals surface area contributed by atoms with Crippen molar-refractivity contribution in [1.82, 2.24) is 20.3 Å². The number of hydrogen-bond donors (Lipinski definition) is 3. The van der Waals surface area contributed by atoms with E-state index in [1.807, 2.05) is 6.92 Å². The van der Waals surface area contributed by atoms with E-state index in [9.17, 15) is 21.6 Å². The highest BCUT2D eigenvalue weighted by Gasteiger charge is 2.33. The first-order valence-corrected chi connectivity index (χ1v) is 10.6. The third-order valence-corrected chi connectivity index (χ3v) is 5.79. The van der Waals surface area contributed by atoms with E-state index >= 15 is 0 Å². The van der Waals surface area contributed by atoms with Gasteiger partial charge in [-0.1, -0.05) is 12.1 Å². The molecule has 0 amide bonds. The van der Waals surface area contributed by atoms with Gasteiger partial charge in [0.15, 0.2) is 11.7 Å². The van der Waals surface area contributed by atoms with Crippen molar-refractivity contribution in [3.8, 4) is 0 Å². The first-order valence-electron chi connectivity index (χ1n) is 8.22. The van der Waals surface area contributed by atoms with Crippen molar-refractivity contribution in [2.75, 3.05) is 13.6 Å². The van der Waals surface area contributed by atoms with Crippen molar-refractivity contribution in [1.29, 1.82) is 0 Å². The topological polar surface area (TPSA) is 95.5 Å². The number of thiazole rings is 1. The standard InChI is InChI=1S/C16H20F3N5O2S2/c1-3-21-15(23-9-14-24-13(10-27-14)16(17,18)19)22-8-11-4-6-12(7-5-11)28(25,26)20-2/h4-7,10,20H,3,8-9H2,1-2H3,(H2,21,22,23). The summed E-state index contributed by atoms with van der Waals surface area (Å²) < 4.78 is 63.5. The number of aromatic nitrogens is 1. The molecule has 7 nitrogen and oxygen atoms in total. The van der Waals surface area contributed by atoms with Gasteiger partial charge in [-0.05, 0) is 31.7 Å². The summed E-state index contributed by atoms with van der Waals surface area (Å²) in [4.78, 5) is 8.06. The quantitative estimate of drug-likeness (QED) is 0.458. The Balaban J connectivity index is 2.01. The summed E-state index contributed by atoms with van der Waals surface area (Å²) in [5.74, 6) is 0.415. The van der Waals surface area contributed by atoms with Crippen molar-refractivity contribution in [3.05, 3.63) is 45.9 Å². The lowest BCUT2D eigenvalue weighted by Crippen LogP contribution is -2.36. The fraction of sp³-hybridized carbons (Fsp3) is 0.375. The number of aliphatic imine (C=N–C) groups is 1. The van der Waals surface area contributed by atoms with Gasteiger partial charge in [0.25, 0.3) is 0 Å². The molecule has 0 unspecified atom stereocenters. The highest BCUT2D eigenvalue weighted by atomic mass is 32.2. The van der Waals surface area contributed by atoms with E-state index in [-0.39, 0.29) is 18.0 Å². The SMILES string of the molecule is CCNC(=NCc1ccc(S(=O)(=O)NC)cc1)NCc1nc(C(F)(F)F)cs1. The largest absolute Gasteiger partial charge is 0.434 e. The van der Waals surface area contributed by atoms with Gasteiger partial charge in [-0.2, -0.15) is 13.2 Å². The molecule has 0 aliphatic rings. The first-order chi connectivity index (χ1) is 13.2. The van der Waals surface area contributed by atoms with Gasteiger partial charge < -0.3 is 10.6 Å². The third kappa shape index (κ3) is 6.17. The molecule has 0 bridgehead atoms. The van der Waals surface area contributed by atoms with E-state index in [2.05, 4.69) is 25.3 Å². The molecule has 12 heteroatoms. The van der Waals surface area contributed by atoms with Crippen LogP contribution in [0.3, 0.4) is 0 Å². The maximum atomic E-state index is 12.6. The lowest BCUT2D eigenvalue weighted by molar-refractivity contribution is -0.140. The molecule has 0 saturated heterocycles. The predicted octanol–water partition coefficient (Wildman–Crippen LogP) is 2.33. The molecule has 28 heavy (non-hydrogen) atoms. The Kier molecular flexibility index (Phi) is 7.38. The molecule has 1 aromatic heterocycles. The number of halogens is 3. The van der Waals surface area contributed by atoms with Crippen molar-refractivity contribution < 1.29 is 21.6 Å². The Morgan fingerprint density at radius 2 is 1.89 bits per heavy atom. The zero-order valence-electron chi connectivity index (χ0n) is 15.2. The minimum Gasteiger partial charge on any atom is -0.357 e. The molecule has 1 heterocycles. The van der Waals surface area contributed by atoms with Crippen molar-refractivity contribution in [3.63, 3.8) is 0 Å². The van der Waals surface area contributed by atoms with Crippen LogP contribution < -0.4 is 15.4 Å². The summed E-state index contributed by atoms with van der Waals surface area (Å²) in [5, 5.41) is 7.19. The summed E-state index contributed by atoms with van der Waals surface area (Å²) in [5.41, 5.74) is -0.131. The second kappa shape index (κ2) is 9.34. The van der Waals surface area contributed by atoms with Gasteiger partial charge in [-0.25, -0.2) is 23.1 Å². The number of nitrogens with zero attached hydrogens (tertiary/aromatic N) is 2. The summed E-state index contributed by atoms with van der Waals surface area (Å²) in [6, 6.07) is 6.25. The van der Waals surface area contributed by atoms with Gasteiger partial charge in [0.1, 0.15) is 5.01 Å². The van der Waals surface area contributed by atoms with E-state index in [0.29, 0.717) is 17.5 Å². The maximum Gasteiger partial charge on any atom is 0.434 e. The number of rotatable bonds is 7. The Morgan fingerprint density at radius 3 is 2.43 bits per heavy atom. The highest BCUT2D eigenvalue weighted by Crippen LogP contribution is 2.29. The average molecular weight is 435 g/mol. The molecule has 1 aromatic carbocycles. The van der Waals surface area contributed by atoms with Crippen LogP contribution in [0.2, 0.25) is 0 Å². The molecular weight excluding hydrogens is 415 g/mol. The molecule has 0 aliphatic heterocycles. The van der Waals surface area contributed by atoms with Crippen LogP contribution >= 0.6 is 11.3 Å². The van der Waals surface area contributed by atoms with Crippen LogP contribution in [0.1, 0.15) is 23.2 Å². The Hall–Kier alpha value is -2.18. The lowest BCUT2D eigenvalue weighted by atomic mass is 10.2. The van der Waals surface area contributed by atoms with Gasteiger partial charge in [-0.15, -0.1) is 11.3 Å². The van der Waals surface area contributed by atoms with Crippen LogP contribution in [0.5, 0.6) is 0 Å². The first kappa shape index (κ1) is 22.1. The molecule has 2 rings (SSSR count). The molecule has 0 spiro atoms. The van der Waals surface area contributed by atoms with Crippen molar-refractivity contribution in [2.45, 2.75) is 31.1 Å². The molecule has 0 saturated carbocycles. The van der Waals surface area contributed by atoms with Crippen molar-refractivity contribution >= 4 is 27.3 Å². The molecule has 0 atom stereocenters. The summed E-state index contributed by atoms with van der Waals surface area (Å²) in [6.07, 6.45) is -4.46. The van der Waals surface area contributed by atoms with Gasteiger partial charge in [0, 0.05) is 11.9 Å². The predicted molar refractivity (Wildman–Crippen MR) is 101 cm³/mol. The minimum absolute atomic E-state index is 0.103. The number of guanidine groups is 1. The number of nitrogens with one attached hydrogen (secondary N) is 3. The highest BCUT2D eigenvalue weighted by molar-refractivity contribution is 7.89. The fourth-order valence-electron chi connectivity index (χ4n) is 2.09. The normalized spacial score (nSPS) is 12.8. The molecule has 3 N–H and O–H groups in total. The Morgan fingerprint density at radius 1 is 1.21 bits per heavy atom. The molecule has 0 radical (unpaired) electrons. The van der Waals surface area contributed by atoms with E-state index in [1.54, 1.807) is 12.1 Å². The number of alkyl halides is 3. The number of sulfonamides is 1. The molecule has 2 aromatic rings. The average Bonchev–Trinajstić information content (AvgIpc) is 3.14. The molecule has 0 aliphatic carbocycles. The van der Waals surface area contributed by atoms with Gasteiger partial charge in [-0.3, -0.25) is 0 Å². The smallest absolute Gasteiger partial charge is 0.357 e. The van der Waals surface area contributed by atoms with Gasteiger partial charge in [0.2, 0.25) is 10.0 Å². The van der Waals surface area contributed by atoms with Crippen LogP contribution in [-0.2, 0) is 29.3 Å². The summed E-state index contributed by atoms with van der Waals surface area (Å²) in [6.45, 7) is 2.80. The number of benzene rings is 1. The maximum absolute atomic E-state index is 12.6. The second-order valence-electron chi connectivity index (χ2n) is 5.52. The molecule has 0 fully saturated rings. The van der Waals surface area contributed by atoms with E-state index in [1.165, 1.54) is 19.2 Å². The van der Waals surface area contributed by atoms with E-state index < -0.39 is 21.9 Å². The van der Waals surface area contributed by atoms with Gasteiger partial charge >= 0.3 is 6.18 Å². The zero-order chi connectivity index (χ0) is 20.8. The van der Waals surface area contributed by atoms with Crippen LogP contribution in [0, 0.1) is 0 Å². The Bertz CT molecular complexity index is 909.